The minimum Gasteiger partial charge on any atom is -0.353 e. The molecule has 1 amide bonds. The van der Waals surface area contributed by atoms with E-state index in [1.807, 2.05) is 11.8 Å². The lowest BCUT2D eigenvalue weighted by Crippen LogP contribution is -2.41. The molecule has 0 unspecified atom stereocenters. The average molecular weight is 547 g/mol. The molecule has 3 aliphatic rings. The van der Waals surface area contributed by atoms with Crippen molar-refractivity contribution in [3.63, 3.8) is 0 Å². The second kappa shape index (κ2) is 14.3. The quantitative estimate of drug-likeness (QED) is 0.483. The lowest BCUT2D eigenvalue weighted by Gasteiger charge is -2.30. The standard InChI is InChI=1S/C17H31NO.C12H12FN3O2S/c1-2-3-7-14-10-12-15(13-11-14)17(19)18-16-8-5-4-6-9-16;13-7-5-9-10(14-6-7)16(12(18)15-11(9)17)8-1-3-19-4-2-8/h14-16H,2-13H2,1H3,(H,18,19);5-6,8H,1-4H2,(H,15,17,18). The number of unbranched alkanes of at least 4 members (excludes halogenated alkanes) is 1. The summed E-state index contributed by atoms with van der Waals surface area (Å²) in [5.41, 5.74) is -0.783. The second-order valence-corrected chi connectivity index (χ2v) is 12.4. The van der Waals surface area contributed by atoms with Crippen LogP contribution in [0.5, 0.6) is 0 Å². The van der Waals surface area contributed by atoms with Crippen LogP contribution >= 0.6 is 11.8 Å². The molecule has 0 atom stereocenters. The summed E-state index contributed by atoms with van der Waals surface area (Å²) >= 11 is 1.84. The summed E-state index contributed by atoms with van der Waals surface area (Å²) < 4.78 is 14.7. The maximum absolute atomic E-state index is 13.2. The normalized spacial score (nSPS) is 23.0. The van der Waals surface area contributed by atoms with Crippen molar-refractivity contribution in [2.75, 3.05) is 11.5 Å². The van der Waals surface area contributed by atoms with Crippen molar-refractivity contribution in [1.82, 2.24) is 19.9 Å². The maximum atomic E-state index is 13.2. The van der Waals surface area contributed by atoms with Gasteiger partial charge in [-0.05, 0) is 74.9 Å². The van der Waals surface area contributed by atoms with Gasteiger partial charge < -0.3 is 5.32 Å². The number of carbonyl (C=O) groups excluding carboxylic acids is 1. The highest BCUT2D eigenvalue weighted by Crippen LogP contribution is 2.32. The van der Waals surface area contributed by atoms with E-state index in [1.165, 1.54) is 68.8 Å². The smallest absolute Gasteiger partial charge is 0.330 e. The fourth-order valence-electron chi connectivity index (χ4n) is 6.17. The summed E-state index contributed by atoms with van der Waals surface area (Å²) in [5.74, 6) is 2.94. The number of rotatable bonds is 6. The van der Waals surface area contributed by atoms with Crippen LogP contribution in [-0.2, 0) is 4.79 Å². The molecule has 3 heterocycles. The van der Waals surface area contributed by atoms with Gasteiger partial charge in [0.15, 0.2) is 0 Å². The van der Waals surface area contributed by atoms with E-state index in [2.05, 4.69) is 22.2 Å². The Morgan fingerprint density at radius 2 is 1.79 bits per heavy atom. The zero-order valence-electron chi connectivity index (χ0n) is 22.7. The fraction of sp³-hybridized carbons (Fsp3) is 0.724. The van der Waals surface area contributed by atoms with Crippen molar-refractivity contribution in [3.05, 3.63) is 38.9 Å². The average Bonchev–Trinajstić information content (AvgIpc) is 2.94. The summed E-state index contributed by atoms with van der Waals surface area (Å²) in [6, 6.07) is 1.62. The van der Waals surface area contributed by atoms with E-state index in [4.69, 9.17) is 0 Å². The van der Waals surface area contributed by atoms with Crippen LogP contribution in [0.25, 0.3) is 11.0 Å². The number of hydrogen-bond acceptors (Lipinski definition) is 5. The van der Waals surface area contributed by atoms with E-state index in [1.54, 1.807) is 0 Å². The molecule has 0 bridgehead atoms. The Bertz CT molecular complexity index is 1160. The molecule has 1 saturated heterocycles. The molecular formula is C29H43FN4O3S. The lowest BCUT2D eigenvalue weighted by molar-refractivity contribution is -0.127. The third kappa shape index (κ3) is 7.70. The van der Waals surface area contributed by atoms with Gasteiger partial charge in [-0.3, -0.25) is 19.1 Å². The highest BCUT2D eigenvalue weighted by molar-refractivity contribution is 7.99. The van der Waals surface area contributed by atoms with Gasteiger partial charge in [-0.2, -0.15) is 11.8 Å². The van der Waals surface area contributed by atoms with Crippen molar-refractivity contribution in [3.8, 4) is 0 Å². The predicted octanol–water partition coefficient (Wildman–Crippen LogP) is 5.72. The molecular weight excluding hydrogens is 503 g/mol. The number of amides is 1. The summed E-state index contributed by atoms with van der Waals surface area (Å²) in [5, 5.41) is 3.43. The van der Waals surface area contributed by atoms with Crippen molar-refractivity contribution < 1.29 is 9.18 Å². The molecule has 0 aromatic carbocycles. The number of thioether (sulfide) groups is 1. The minimum absolute atomic E-state index is 0.0195. The summed E-state index contributed by atoms with van der Waals surface area (Å²) in [4.78, 5) is 42.2. The Morgan fingerprint density at radius 1 is 1.08 bits per heavy atom. The molecule has 2 aromatic rings. The number of halogens is 1. The first kappa shape index (κ1) is 28.8. The molecule has 0 spiro atoms. The number of aromatic amines is 1. The first-order chi connectivity index (χ1) is 18.5. The molecule has 2 N–H and O–H groups in total. The molecule has 2 aromatic heterocycles. The van der Waals surface area contributed by atoms with Crippen LogP contribution in [0.15, 0.2) is 21.9 Å². The van der Waals surface area contributed by atoms with Crippen LogP contribution in [0, 0.1) is 17.7 Å². The number of aromatic nitrogens is 3. The second-order valence-electron chi connectivity index (χ2n) is 11.2. The largest absolute Gasteiger partial charge is 0.353 e. The summed E-state index contributed by atoms with van der Waals surface area (Å²) in [6.45, 7) is 2.27. The SMILES string of the molecule is CCCCC1CCC(C(=O)NC2CCCCC2)CC1.O=c1[nH]c(=O)n(C2CCSCC2)c2ncc(F)cc12. The van der Waals surface area contributed by atoms with Crippen molar-refractivity contribution in [1.29, 1.82) is 0 Å². The Labute approximate surface area is 228 Å². The van der Waals surface area contributed by atoms with Gasteiger partial charge in [0.2, 0.25) is 5.91 Å². The van der Waals surface area contributed by atoms with Gasteiger partial charge in [-0.25, -0.2) is 14.2 Å². The molecule has 2 aliphatic carbocycles. The predicted molar refractivity (Wildman–Crippen MR) is 152 cm³/mol. The van der Waals surface area contributed by atoms with Crippen molar-refractivity contribution >= 4 is 28.7 Å². The Kier molecular flexibility index (Phi) is 10.8. The van der Waals surface area contributed by atoms with E-state index in [0.717, 1.165) is 55.4 Å². The first-order valence-corrected chi connectivity index (χ1v) is 15.8. The molecule has 3 fully saturated rings. The van der Waals surface area contributed by atoms with E-state index in [9.17, 15) is 18.8 Å². The molecule has 210 valence electrons. The Morgan fingerprint density at radius 3 is 2.47 bits per heavy atom. The summed E-state index contributed by atoms with van der Waals surface area (Å²) in [6.07, 6.45) is 18.0. The molecule has 9 heteroatoms. The number of hydrogen-bond donors (Lipinski definition) is 2. The fourth-order valence-corrected chi connectivity index (χ4v) is 7.25. The van der Waals surface area contributed by atoms with E-state index >= 15 is 0 Å². The van der Waals surface area contributed by atoms with Crippen molar-refractivity contribution in [2.24, 2.45) is 11.8 Å². The highest BCUT2D eigenvalue weighted by atomic mass is 32.2. The van der Waals surface area contributed by atoms with Gasteiger partial charge in [0.25, 0.3) is 5.56 Å². The molecule has 5 rings (SSSR count). The number of carbonyl (C=O) groups is 1. The Balaban J connectivity index is 0.000000177. The number of fused-ring (bicyclic) bond motifs is 1. The molecule has 0 radical (unpaired) electrons. The third-order valence-electron chi connectivity index (χ3n) is 8.44. The van der Waals surface area contributed by atoms with Crippen LogP contribution in [0.4, 0.5) is 4.39 Å². The van der Waals surface area contributed by atoms with Gasteiger partial charge in [0.1, 0.15) is 11.5 Å². The number of H-pyrrole nitrogens is 1. The van der Waals surface area contributed by atoms with Gasteiger partial charge in [0.05, 0.1) is 11.6 Å². The third-order valence-corrected chi connectivity index (χ3v) is 9.49. The number of nitrogens with one attached hydrogen (secondary N) is 2. The first-order valence-electron chi connectivity index (χ1n) is 14.6. The lowest BCUT2D eigenvalue weighted by atomic mass is 9.79. The molecule has 1 aliphatic heterocycles. The molecule has 7 nitrogen and oxygen atoms in total. The van der Waals surface area contributed by atoms with Crippen LogP contribution < -0.4 is 16.6 Å². The van der Waals surface area contributed by atoms with Crippen molar-refractivity contribution in [2.45, 2.75) is 109 Å². The summed E-state index contributed by atoms with van der Waals surface area (Å²) in [7, 11) is 0. The van der Waals surface area contributed by atoms with E-state index < -0.39 is 17.1 Å². The minimum atomic E-state index is -0.589. The number of pyridine rings is 1. The highest BCUT2D eigenvalue weighted by Gasteiger charge is 2.27. The zero-order valence-corrected chi connectivity index (χ0v) is 23.5. The van der Waals surface area contributed by atoms with Crippen LogP contribution in [0.1, 0.15) is 103 Å². The topological polar surface area (TPSA) is 96.9 Å². The zero-order chi connectivity index (χ0) is 26.9. The van der Waals surface area contributed by atoms with E-state index in [0.29, 0.717) is 17.9 Å². The molecule has 2 saturated carbocycles. The van der Waals surface area contributed by atoms with E-state index in [-0.39, 0.29) is 17.1 Å². The van der Waals surface area contributed by atoms with Crippen LogP contribution in [-0.4, -0.2) is 38.0 Å². The molecule has 38 heavy (non-hydrogen) atoms. The van der Waals surface area contributed by atoms with Gasteiger partial charge in [0, 0.05) is 18.0 Å². The van der Waals surface area contributed by atoms with Crippen LogP contribution in [0.2, 0.25) is 0 Å². The monoisotopic (exact) mass is 546 g/mol. The maximum Gasteiger partial charge on any atom is 0.330 e. The van der Waals surface area contributed by atoms with Gasteiger partial charge in [-0.15, -0.1) is 0 Å². The Hall–Kier alpha value is -2.16. The van der Waals surface area contributed by atoms with Gasteiger partial charge in [-0.1, -0.05) is 45.4 Å². The number of nitrogens with zero attached hydrogens (tertiary/aromatic N) is 2. The van der Waals surface area contributed by atoms with Crippen LogP contribution in [0.3, 0.4) is 0 Å². The van der Waals surface area contributed by atoms with Gasteiger partial charge >= 0.3 is 5.69 Å².